The van der Waals surface area contributed by atoms with E-state index in [9.17, 15) is 14.4 Å². The first-order chi connectivity index (χ1) is 14.9. The third-order valence-electron chi connectivity index (χ3n) is 3.86. The molecule has 9 heteroatoms. The largest absolute Gasteiger partial charge is 0.486 e. The van der Waals surface area contributed by atoms with Crippen molar-refractivity contribution in [3.63, 3.8) is 0 Å². The van der Waals surface area contributed by atoms with Gasteiger partial charge < -0.3 is 23.4 Å². The minimum absolute atomic E-state index is 0.0727. The van der Waals surface area contributed by atoms with Crippen LogP contribution in [0, 0.1) is 6.92 Å². The summed E-state index contributed by atoms with van der Waals surface area (Å²) in [6, 6.07) is 6.83. The van der Waals surface area contributed by atoms with E-state index in [0.29, 0.717) is 11.5 Å². The Bertz CT molecular complexity index is 947. The van der Waals surface area contributed by atoms with Gasteiger partial charge in [-0.2, -0.15) is 0 Å². The molecule has 1 heterocycles. The molecule has 0 saturated heterocycles. The number of esters is 2. The van der Waals surface area contributed by atoms with Gasteiger partial charge >= 0.3 is 11.9 Å². The van der Waals surface area contributed by atoms with Crippen molar-refractivity contribution in [1.82, 2.24) is 0 Å². The number of rotatable bonds is 11. The van der Waals surface area contributed by atoms with E-state index in [1.807, 2.05) is 0 Å². The number of ether oxygens (including phenoxy) is 4. The van der Waals surface area contributed by atoms with Gasteiger partial charge in [0.05, 0.1) is 13.2 Å². The maximum atomic E-state index is 12.4. The maximum absolute atomic E-state index is 12.4. The molecule has 0 spiro atoms. The molecule has 0 radical (unpaired) electrons. The zero-order valence-electron chi connectivity index (χ0n) is 17.7. The molecular weight excluding hydrogens is 406 g/mol. The third kappa shape index (κ3) is 6.11. The number of nitrogens with one attached hydrogen (secondary N) is 1. The number of carbonyl (C=O) groups is 3. The van der Waals surface area contributed by atoms with Crippen LogP contribution in [0.15, 0.2) is 41.3 Å². The number of furan rings is 1. The molecule has 1 N–H and O–H groups in total. The molecule has 0 aliphatic carbocycles. The molecule has 0 atom stereocenters. The van der Waals surface area contributed by atoms with Crippen LogP contribution in [0.5, 0.6) is 11.5 Å². The third-order valence-corrected chi connectivity index (χ3v) is 3.86. The van der Waals surface area contributed by atoms with Gasteiger partial charge in [0.25, 0.3) is 5.91 Å². The van der Waals surface area contributed by atoms with Gasteiger partial charge in [-0.3, -0.25) is 10.1 Å². The Morgan fingerprint density at radius 2 is 1.58 bits per heavy atom. The summed E-state index contributed by atoms with van der Waals surface area (Å²) in [7, 11) is 0. The zero-order chi connectivity index (χ0) is 22.8. The predicted molar refractivity (Wildman–Crippen MR) is 112 cm³/mol. The van der Waals surface area contributed by atoms with Gasteiger partial charge in [0, 0.05) is 0 Å². The summed E-state index contributed by atoms with van der Waals surface area (Å²) in [5, 5.41) is 2.44. The Morgan fingerprint density at radius 1 is 1.00 bits per heavy atom. The Morgan fingerprint density at radius 3 is 2.16 bits per heavy atom. The zero-order valence-corrected chi connectivity index (χ0v) is 17.7. The van der Waals surface area contributed by atoms with Gasteiger partial charge in [-0.25, -0.2) is 9.59 Å². The molecule has 1 amide bonds. The van der Waals surface area contributed by atoms with Crippen LogP contribution >= 0.6 is 0 Å². The molecule has 0 aliphatic rings. The van der Waals surface area contributed by atoms with Crippen LogP contribution < -0.4 is 14.8 Å². The summed E-state index contributed by atoms with van der Waals surface area (Å²) in [4.78, 5) is 37.1. The van der Waals surface area contributed by atoms with E-state index in [1.165, 1.54) is 6.92 Å². The number of hydrogen-bond donors (Lipinski definition) is 1. The van der Waals surface area contributed by atoms with E-state index < -0.39 is 24.5 Å². The van der Waals surface area contributed by atoms with Gasteiger partial charge in [-0.1, -0.05) is 24.8 Å². The average molecular weight is 431 g/mol. The van der Waals surface area contributed by atoms with Crippen molar-refractivity contribution >= 4 is 23.7 Å². The normalized spacial score (nSPS) is 10.2. The van der Waals surface area contributed by atoms with Crippen molar-refractivity contribution in [2.45, 2.75) is 20.8 Å². The minimum atomic E-state index is -0.818. The van der Waals surface area contributed by atoms with E-state index in [4.69, 9.17) is 23.4 Å². The smallest absolute Gasteiger partial charge is 0.344 e. The number of hydrogen-bond acceptors (Lipinski definition) is 8. The quantitative estimate of drug-likeness (QED) is 0.425. The van der Waals surface area contributed by atoms with Gasteiger partial charge in [0.15, 0.2) is 18.1 Å². The van der Waals surface area contributed by atoms with E-state index in [-0.39, 0.29) is 42.6 Å². The standard InChI is InChI=1S/C22H25NO8/c1-5-12-29-15-10-8-9-11-16(15)30-13-17(24)23-20-19(22(26)28-7-3)18(14(4)31-20)21(25)27-6-2/h5,8-11H,1,6-7,12-13H2,2-4H3,(H,23,24). The second kappa shape index (κ2) is 11.4. The fraction of sp³-hybridized carbons (Fsp3) is 0.318. The van der Waals surface area contributed by atoms with Gasteiger partial charge in [-0.15, -0.1) is 0 Å². The lowest BCUT2D eigenvalue weighted by Gasteiger charge is -2.11. The molecule has 2 rings (SSSR count). The van der Waals surface area contributed by atoms with E-state index in [2.05, 4.69) is 11.9 Å². The molecular formula is C22H25NO8. The first-order valence-corrected chi connectivity index (χ1v) is 9.65. The van der Waals surface area contributed by atoms with Crippen LogP contribution in [0.25, 0.3) is 0 Å². The van der Waals surface area contributed by atoms with Crippen LogP contribution in [0.2, 0.25) is 0 Å². The number of aryl methyl sites for hydroxylation is 1. The van der Waals surface area contributed by atoms with Gasteiger partial charge in [0.2, 0.25) is 5.88 Å². The monoisotopic (exact) mass is 431 g/mol. The summed E-state index contributed by atoms with van der Waals surface area (Å²) in [6.45, 7) is 8.37. The van der Waals surface area contributed by atoms with Gasteiger partial charge in [0.1, 0.15) is 23.5 Å². The lowest BCUT2D eigenvalue weighted by atomic mass is 10.1. The van der Waals surface area contributed by atoms with Crippen molar-refractivity contribution in [3.8, 4) is 11.5 Å². The summed E-state index contributed by atoms with van der Waals surface area (Å²) in [5.41, 5.74) is -0.305. The van der Waals surface area contributed by atoms with E-state index in [0.717, 1.165) is 0 Å². The highest BCUT2D eigenvalue weighted by molar-refractivity contribution is 6.09. The lowest BCUT2D eigenvalue weighted by Crippen LogP contribution is -2.22. The minimum Gasteiger partial charge on any atom is -0.486 e. The number of para-hydroxylation sites is 2. The van der Waals surface area contributed by atoms with Crippen LogP contribution in [-0.2, 0) is 14.3 Å². The maximum Gasteiger partial charge on any atom is 0.344 e. The lowest BCUT2D eigenvalue weighted by molar-refractivity contribution is -0.118. The number of benzene rings is 1. The number of anilines is 1. The molecule has 166 valence electrons. The average Bonchev–Trinajstić information content (AvgIpc) is 3.07. The highest BCUT2D eigenvalue weighted by Crippen LogP contribution is 2.29. The first-order valence-electron chi connectivity index (χ1n) is 9.65. The fourth-order valence-corrected chi connectivity index (χ4v) is 2.62. The molecule has 0 fully saturated rings. The van der Waals surface area contributed by atoms with Crippen molar-refractivity contribution in [2.75, 3.05) is 31.7 Å². The van der Waals surface area contributed by atoms with E-state index >= 15 is 0 Å². The highest BCUT2D eigenvalue weighted by atomic mass is 16.5. The molecule has 9 nitrogen and oxygen atoms in total. The van der Waals surface area contributed by atoms with Crippen LogP contribution in [0.1, 0.15) is 40.3 Å². The Kier molecular flexibility index (Phi) is 8.68. The Labute approximate surface area is 179 Å². The predicted octanol–water partition coefficient (Wildman–Crippen LogP) is 3.52. The van der Waals surface area contributed by atoms with Crippen LogP contribution in [0.3, 0.4) is 0 Å². The number of amides is 1. The molecule has 0 aliphatic heterocycles. The van der Waals surface area contributed by atoms with Gasteiger partial charge in [-0.05, 0) is 32.9 Å². The summed E-state index contributed by atoms with van der Waals surface area (Å²) < 4.78 is 26.4. The number of carbonyl (C=O) groups excluding carboxylic acids is 3. The molecule has 0 saturated carbocycles. The van der Waals surface area contributed by atoms with E-state index in [1.54, 1.807) is 44.2 Å². The molecule has 1 aromatic carbocycles. The van der Waals surface area contributed by atoms with Crippen molar-refractivity contribution in [2.24, 2.45) is 0 Å². The molecule has 2 aromatic rings. The second-order valence-electron chi connectivity index (χ2n) is 6.06. The summed E-state index contributed by atoms with van der Waals surface area (Å²) in [5.74, 6) is -1.50. The van der Waals surface area contributed by atoms with Crippen molar-refractivity contribution < 1.29 is 37.7 Å². The van der Waals surface area contributed by atoms with Crippen LogP contribution in [0.4, 0.5) is 5.88 Å². The Hall–Kier alpha value is -3.75. The van der Waals surface area contributed by atoms with Crippen LogP contribution in [-0.4, -0.2) is 44.3 Å². The molecule has 0 unspecified atom stereocenters. The fourth-order valence-electron chi connectivity index (χ4n) is 2.62. The summed E-state index contributed by atoms with van der Waals surface area (Å²) >= 11 is 0. The highest BCUT2D eigenvalue weighted by Gasteiger charge is 2.31. The molecule has 1 aromatic heterocycles. The molecule has 31 heavy (non-hydrogen) atoms. The van der Waals surface area contributed by atoms with Crippen molar-refractivity contribution in [3.05, 3.63) is 53.8 Å². The molecule has 0 bridgehead atoms. The summed E-state index contributed by atoms with van der Waals surface area (Å²) in [6.07, 6.45) is 1.58. The first kappa shape index (κ1) is 23.5. The second-order valence-corrected chi connectivity index (χ2v) is 6.06. The SMILES string of the molecule is C=CCOc1ccccc1OCC(=O)Nc1oc(C)c(C(=O)OCC)c1C(=O)OCC. The topological polar surface area (TPSA) is 113 Å². The Balaban J connectivity index is 2.19. The van der Waals surface area contributed by atoms with Crippen molar-refractivity contribution in [1.29, 1.82) is 0 Å².